The molecule has 3 saturated heterocycles. The van der Waals surface area contributed by atoms with Crippen LogP contribution in [-0.2, 0) is 0 Å². The molecule has 4 amide bonds. The Labute approximate surface area is 98.9 Å². The van der Waals surface area contributed by atoms with E-state index in [1.807, 2.05) is 0 Å². The highest BCUT2D eigenvalue weighted by Crippen LogP contribution is 2.37. The fourth-order valence-corrected chi connectivity index (χ4v) is 3.22. The number of carbonyl (C=O) groups excluding carboxylic acids is 2. The Balaban J connectivity index is 1.76. The summed E-state index contributed by atoms with van der Waals surface area (Å²) in [6.07, 6.45) is 1.80. The minimum Gasteiger partial charge on any atom is -0.336 e. The van der Waals surface area contributed by atoms with E-state index in [-0.39, 0.29) is 24.1 Å². The molecule has 3 aliphatic rings. The summed E-state index contributed by atoms with van der Waals surface area (Å²) in [4.78, 5) is 26.7. The zero-order valence-electron chi connectivity index (χ0n) is 9.56. The van der Waals surface area contributed by atoms with Crippen molar-refractivity contribution < 1.29 is 14.0 Å². The van der Waals surface area contributed by atoms with Crippen LogP contribution in [0.2, 0.25) is 0 Å². The lowest BCUT2D eigenvalue weighted by atomic mass is 10.0. The fourth-order valence-electron chi connectivity index (χ4n) is 3.22. The molecule has 94 valence electrons. The monoisotopic (exact) mass is 241 g/mol. The average Bonchev–Trinajstić information content (AvgIpc) is 2.81. The molecule has 5 nitrogen and oxygen atoms in total. The van der Waals surface area contributed by atoms with Gasteiger partial charge in [-0.15, -0.1) is 0 Å². The zero-order chi connectivity index (χ0) is 12.0. The van der Waals surface area contributed by atoms with E-state index in [0.29, 0.717) is 25.9 Å². The number of hydrogen-bond acceptors (Lipinski definition) is 2. The van der Waals surface area contributed by atoms with E-state index in [2.05, 4.69) is 5.32 Å². The SMILES string of the molecule is O=C1NCCN1C(=O)N1C2CCC1CC(F)C2. The number of alkyl halides is 1. The number of urea groups is 2. The molecule has 2 unspecified atom stereocenters. The van der Waals surface area contributed by atoms with Gasteiger partial charge in [-0.1, -0.05) is 0 Å². The van der Waals surface area contributed by atoms with Crippen LogP contribution < -0.4 is 5.32 Å². The standard InChI is InChI=1S/C11H16FN3O2/c12-7-5-8-1-2-9(6-7)15(8)11(17)14-4-3-13-10(14)16/h7-9H,1-6H2,(H,13,16). The van der Waals surface area contributed by atoms with Crippen LogP contribution in [0.3, 0.4) is 0 Å². The van der Waals surface area contributed by atoms with Crippen molar-refractivity contribution in [2.24, 2.45) is 0 Å². The lowest BCUT2D eigenvalue weighted by molar-refractivity contribution is 0.0890. The van der Waals surface area contributed by atoms with E-state index in [1.54, 1.807) is 4.90 Å². The normalized spacial score (nSPS) is 36.3. The van der Waals surface area contributed by atoms with Gasteiger partial charge < -0.3 is 10.2 Å². The smallest absolute Gasteiger partial charge is 0.328 e. The van der Waals surface area contributed by atoms with Crippen LogP contribution in [0.15, 0.2) is 0 Å². The summed E-state index contributed by atoms with van der Waals surface area (Å²) >= 11 is 0. The van der Waals surface area contributed by atoms with E-state index < -0.39 is 6.17 Å². The van der Waals surface area contributed by atoms with Gasteiger partial charge >= 0.3 is 12.1 Å². The largest absolute Gasteiger partial charge is 0.336 e. The Morgan fingerprint density at radius 2 is 1.94 bits per heavy atom. The second-order valence-electron chi connectivity index (χ2n) is 5.03. The molecule has 0 aliphatic carbocycles. The second kappa shape index (κ2) is 3.85. The summed E-state index contributed by atoms with van der Waals surface area (Å²) in [5, 5.41) is 2.61. The number of amides is 4. The summed E-state index contributed by atoms with van der Waals surface area (Å²) in [5.41, 5.74) is 0. The fraction of sp³-hybridized carbons (Fsp3) is 0.818. The number of imide groups is 1. The van der Waals surface area contributed by atoms with E-state index >= 15 is 0 Å². The van der Waals surface area contributed by atoms with Crippen molar-refractivity contribution in [3.63, 3.8) is 0 Å². The van der Waals surface area contributed by atoms with Gasteiger partial charge in [0.1, 0.15) is 6.17 Å². The highest BCUT2D eigenvalue weighted by molar-refractivity contribution is 5.95. The van der Waals surface area contributed by atoms with Gasteiger partial charge in [0.05, 0.1) is 0 Å². The third-order valence-electron chi connectivity index (χ3n) is 3.98. The highest BCUT2D eigenvalue weighted by atomic mass is 19.1. The lowest BCUT2D eigenvalue weighted by Crippen LogP contribution is -2.53. The van der Waals surface area contributed by atoms with Gasteiger partial charge in [-0.2, -0.15) is 0 Å². The molecule has 3 aliphatic heterocycles. The van der Waals surface area contributed by atoms with Crippen molar-refractivity contribution in [3.8, 4) is 0 Å². The molecule has 2 atom stereocenters. The van der Waals surface area contributed by atoms with Crippen LogP contribution in [-0.4, -0.2) is 53.2 Å². The maximum atomic E-state index is 13.4. The first kappa shape index (κ1) is 10.8. The lowest BCUT2D eigenvalue weighted by Gasteiger charge is -2.37. The van der Waals surface area contributed by atoms with Crippen LogP contribution in [0.5, 0.6) is 0 Å². The molecular formula is C11H16FN3O2. The number of piperidine rings is 1. The molecule has 3 rings (SSSR count). The highest BCUT2D eigenvalue weighted by Gasteiger charge is 2.46. The molecule has 3 fully saturated rings. The molecule has 0 aromatic heterocycles. The van der Waals surface area contributed by atoms with Crippen molar-refractivity contribution in [2.45, 2.75) is 43.9 Å². The summed E-state index contributed by atoms with van der Waals surface area (Å²) in [6.45, 7) is 0.937. The third kappa shape index (κ3) is 1.66. The molecule has 0 saturated carbocycles. The van der Waals surface area contributed by atoms with Gasteiger partial charge in [0, 0.05) is 25.2 Å². The zero-order valence-corrected chi connectivity index (χ0v) is 9.56. The predicted octanol–water partition coefficient (Wildman–Crippen LogP) is 1.10. The molecule has 0 spiro atoms. The average molecular weight is 241 g/mol. The van der Waals surface area contributed by atoms with Gasteiger partial charge in [-0.05, 0) is 25.7 Å². The molecule has 1 N–H and O–H groups in total. The van der Waals surface area contributed by atoms with Crippen LogP contribution in [0.25, 0.3) is 0 Å². The molecule has 3 heterocycles. The van der Waals surface area contributed by atoms with Crippen molar-refractivity contribution in [1.82, 2.24) is 15.1 Å². The van der Waals surface area contributed by atoms with Crippen LogP contribution >= 0.6 is 0 Å². The Morgan fingerprint density at radius 3 is 2.47 bits per heavy atom. The van der Waals surface area contributed by atoms with Gasteiger partial charge in [-0.3, -0.25) is 0 Å². The van der Waals surface area contributed by atoms with Crippen LogP contribution in [0, 0.1) is 0 Å². The van der Waals surface area contributed by atoms with E-state index in [9.17, 15) is 14.0 Å². The molecule has 17 heavy (non-hydrogen) atoms. The maximum Gasteiger partial charge on any atom is 0.328 e. The minimum atomic E-state index is -0.788. The number of fused-ring (bicyclic) bond motifs is 2. The minimum absolute atomic E-state index is 0.00958. The molecular weight excluding hydrogens is 225 g/mol. The number of hydrogen-bond donors (Lipinski definition) is 1. The third-order valence-corrected chi connectivity index (χ3v) is 3.98. The van der Waals surface area contributed by atoms with E-state index in [1.165, 1.54) is 4.90 Å². The van der Waals surface area contributed by atoms with Crippen LogP contribution in [0.4, 0.5) is 14.0 Å². The summed E-state index contributed by atoms with van der Waals surface area (Å²) in [7, 11) is 0. The topological polar surface area (TPSA) is 52.7 Å². The number of rotatable bonds is 0. The van der Waals surface area contributed by atoms with E-state index in [4.69, 9.17) is 0 Å². The summed E-state index contributed by atoms with van der Waals surface area (Å²) < 4.78 is 13.4. The maximum absolute atomic E-state index is 13.4. The van der Waals surface area contributed by atoms with Crippen molar-refractivity contribution in [2.75, 3.05) is 13.1 Å². The molecule has 6 heteroatoms. The summed E-state index contributed by atoms with van der Waals surface area (Å²) in [6, 6.07) is -0.578. The van der Waals surface area contributed by atoms with Crippen molar-refractivity contribution in [1.29, 1.82) is 0 Å². The Hall–Kier alpha value is -1.33. The first-order valence-electron chi connectivity index (χ1n) is 6.18. The van der Waals surface area contributed by atoms with Crippen molar-refractivity contribution in [3.05, 3.63) is 0 Å². The molecule has 0 aromatic carbocycles. The van der Waals surface area contributed by atoms with Crippen molar-refractivity contribution >= 4 is 12.1 Å². The number of nitrogens with one attached hydrogen (secondary N) is 1. The molecule has 0 aromatic rings. The Morgan fingerprint density at radius 1 is 1.29 bits per heavy atom. The Kier molecular flexibility index (Phi) is 2.45. The quantitative estimate of drug-likeness (QED) is 0.690. The van der Waals surface area contributed by atoms with Crippen LogP contribution in [0.1, 0.15) is 25.7 Å². The van der Waals surface area contributed by atoms with Gasteiger partial charge in [0.15, 0.2) is 0 Å². The van der Waals surface area contributed by atoms with Gasteiger partial charge in [0.2, 0.25) is 0 Å². The number of halogens is 1. The first-order valence-corrected chi connectivity index (χ1v) is 6.18. The molecule has 2 bridgehead atoms. The Bertz CT molecular complexity index is 349. The predicted molar refractivity (Wildman–Crippen MR) is 58.3 cm³/mol. The number of carbonyl (C=O) groups is 2. The number of nitrogens with zero attached hydrogens (tertiary/aromatic N) is 2. The first-order chi connectivity index (χ1) is 8.16. The van der Waals surface area contributed by atoms with E-state index in [0.717, 1.165) is 12.8 Å². The second-order valence-corrected chi connectivity index (χ2v) is 5.03. The van der Waals surface area contributed by atoms with Gasteiger partial charge in [0.25, 0.3) is 0 Å². The summed E-state index contributed by atoms with van der Waals surface area (Å²) in [5.74, 6) is 0. The molecule has 0 radical (unpaired) electrons. The van der Waals surface area contributed by atoms with Gasteiger partial charge in [-0.25, -0.2) is 18.9 Å².